The number of nitrogens with one attached hydrogen (secondary N) is 1. The van der Waals surface area contributed by atoms with Gasteiger partial charge in [0, 0.05) is 19.0 Å². The number of nitrogens with zero attached hydrogens (tertiary/aromatic N) is 1. The van der Waals surface area contributed by atoms with Crippen LogP contribution in [0.15, 0.2) is 36.4 Å². The number of ether oxygens (including phenoxy) is 1. The summed E-state index contributed by atoms with van der Waals surface area (Å²) in [4.78, 5) is 13.0. The van der Waals surface area contributed by atoms with Crippen molar-refractivity contribution in [1.29, 1.82) is 0 Å². The van der Waals surface area contributed by atoms with Crippen molar-refractivity contribution in [2.24, 2.45) is 5.92 Å². The number of carbonyl (C=O) groups excluding carboxylic acids is 1. The highest BCUT2D eigenvalue weighted by atomic mass is 32.2. The van der Waals surface area contributed by atoms with E-state index in [1.807, 2.05) is 51.1 Å². The number of aryl methyl sites for hydroxylation is 2. The summed E-state index contributed by atoms with van der Waals surface area (Å²) < 4.78 is 33.0. The first kappa shape index (κ1) is 26.2. The third-order valence-corrected chi connectivity index (χ3v) is 8.71. The number of rotatable bonds is 8. The van der Waals surface area contributed by atoms with Gasteiger partial charge in [0.15, 0.2) is 0 Å². The lowest BCUT2D eigenvalue weighted by Crippen LogP contribution is -2.43. The van der Waals surface area contributed by atoms with Crippen molar-refractivity contribution in [1.82, 2.24) is 9.62 Å². The monoisotopic (exact) mass is 486 g/mol. The molecule has 3 rings (SSSR count). The lowest BCUT2D eigenvalue weighted by molar-refractivity contribution is -0.126. The normalized spacial score (nSPS) is 16.4. The van der Waals surface area contributed by atoms with Crippen LogP contribution in [0.25, 0.3) is 0 Å². The summed E-state index contributed by atoms with van der Waals surface area (Å²) in [6.45, 7) is 11.0. The van der Waals surface area contributed by atoms with E-state index in [1.54, 1.807) is 7.11 Å². The van der Waals surface area contributed by atoms with E-state index < -0.39 is 10.0 Å². The Hall–Kier alpha value is -2.38. The molecule has 1 aliphatic heterocycles. The molecule has 1 amide bonds. The molecule has 2 aromatic rings. The molecular weight excluding hydrogens is 448 g/mol. The van der Waals surface area contributed by atoms with Crippen LogP contribution in [-0.4, -0.2) is 38.8 Å². The summed E-state index contributed by atoms with van der Waals surface area (Å²) in [5.74, 6) is 0.986. The van der Waals surface area contributed by atoms with Gasteiger partial charge < -0.3 is 10.1 Å². The van der Waals surface area contributed by atoms with Crippen molar-refractivity contribution in [3.63, 3.8) is 0 Å². The Labute approximate surface area is 204 Å². The average Bonchev–Trinajstić information content (AvgIpc) is 2.80. The standard InChI is InChI=1S/C27H38N2O4S/c1-18(2)24-16-25(20(4)15-26(24)33-6)21(5)28-27(30)22-11-13-29(14-12-22)34(31,32)17-23-10-8-7-9-19(23)3/h7-10,15-16,18,21-22H,11-14,17H2,1-6H3,(H,28,30). The van der Waals surface area contributed by atoms with Crippen molar-refractivity contribution < 1.29 is 17.9 Å². The van der Waals surface area contributed by atoms with Gasteiger partial charge in [-0.15, -0.1) is 0 Å². The first-order chi connectivity index (χ1) is 16.0. The summed E-state index contributed by atoms with van der Waals surface area (Å²) in [6.07, 6.45) is 1.06. The molecule has 1 unspecified atom stereocenters. The Balaban J connectivity index is 1.62. The van der Waals surface area contributed by atoms with Crippen LogP contribution < -0.4 is 10.1 Å². The highest BCUT2D eigenvalue weighted by Gasteiger charge is 2.32. The van der Waals surface area contributed by atoms with E-state index in [9.17, 15) is 13.2 Å². The Morgan fingerprint density at radius 1 is 1.06 bits per heavy atom. The zero-order valence-electron chi connectivity index (χ0n) is 21.2. The van der Waals surface area contributed by atoms with Crippen LogP contribution in [0.2, 0.25) is 0 Å². The predicted octanol–water partition coefficient (Wildman–Crippen LogP) is 4.85. The molecule has 1 atom stereocenters. The summed E-state index contributed by atoms with van der Waals surface area (Å²) in [6, 6.07) is 11.6. The minimum Gasteiger partial charge on any atom is -0.496 e. The molecule has 1 saturated heterocycles. The fourth-order valence-electron chi connectivity index (χ4n) is 4.68. The number of amides is 1. The van der Waals surface area contributed by atoms with E-state index in [-0.39, 0.29) is 23.6 Å². The fourth-order valence-corrected chi connectivity index (χ4v) is 6.34. The van der Waals surface area contributed by atoms with Crippen LogP contribution in [-0.2, 0) is 20.6 Å². The summed E-state index contributed by atoms with van der Waals surface area (Å²) in [5, 5.41) is 3.16. The number of carbonyl (C=O) groups is 1. The lowest BCUT2D eigenvalue weighted by atomic mass is 9.92. The summed E-state index contributed by atoms with van der Waals surface area (Å²) in [5.41, 5.74) is 5.08. The second-order valence-electron chi connectivity index (χ2n) is 9.69. The van der Waals surface area contributed by atoms with Crippen LogP contribution in [0, 0.1) is 19.8 Å². The van der Waals surface area contributed by atoms with Crippen molar-refractivity contribution >= 4 is 15.9 Å². The molecule has 1 N–H and O–H groups in total. The molecule has 7 heteroatoms. The van der Waals surface area contributed by atoms with Crippen LogP contribution in [0.3, 0.4) is 0 Å². The van der Waals surface area contributed by atoms with E-state index in [0.29, 0.717) is 31.8 Å². The molecule has 0 radical (unpaired) electrons. The van der Waals surface area contributed by atoms with Crippen molar-refractivity contribution in [2.45, 2.75) is 65.2 Å². The zero-order valence-corrected chi connectivity index (χ0v) is 22.0. The van der Waals surface area contributed by atoms with Gasteiger partial charge >= 0.3 is 0 Å². The third-order valence-electron chi connectivity index (χ3n) is 6.88. The van der Waals surface area contributed by atoms with Crippen molar-refractivity contribution in [3.05, 3.63) is 64.2 Å². The van der Waals surface area contributed by atoms with E-state index >= 15 is 0 Å². The van der Waals surface area contributed by atoms with Gasteiger partial charge in [-0.2, -0.15) is 0 Å². The summed E-state index contributed by atoms with van der Waals surface area (Å²) in [7, 11) is -1.73. The second kappa shape index (κ2) is 10.9. The Kier molecular flexibility index (Phi) is 8.42. The fraction of sp³-hybridized carbons (Fsp3) is 0.519. The highest BCUT2D eigenvalue weighted by molar-refractivity contribution is 7.88. The molecular formula is C27H38N2O4S. The summed E-state index contributed by atoms with van der Waals surface area (Å²) >= 11 is 0. The number of hydrogen-bond donors (Lipinski definition) is 1. The molecule has 0 saturated carbocycles. The maximum absolute atomic E-state index is 13.0. The minimum absolute atomic E-state index is 0.00248. The predicted molar refractivity (Wildman–Crippen MR) is 136 cm³/mol. The van der Waals surface area contributed by atoms with Crippen molar-refractivity contribution in [3.8, 4) is 5.75 Å². The number of benzene rings is 2. The van der Waals surface area contributed by atoms with Gasteiger partial charge in [0.25, 0.3) is 0 Å². The third kappa shape index (κ3) is 5.99. The maximum Gasteiger partial charge on any atom is 0.223 e. The first-order valence-corrected chi connectivity index (χ1v) is 13.7. The molecule has 1 heterocycles. The van der Waals surface area contributed by atoms with Gasteiger partial charge in [0.2, 0.25) is 15.9 Å². The minimum atomic E-state index is -3.41. The average molecular weight is 487 g/mol. The molecule has 2 aromatic carbocycles. The Morgan fingerprint density at radius 2 is 1.71 bits per heavy atom. The van der Waals surface area contributed by atoms with E-state index in [4.69, 9.17) is 4.74 Å². The van der Waals surface area contributed by atoms with Gasteiger partial charge in [-0.25, -0.2) is 12.7 Å². The van der Waals surface area contributed by atoms with Gasteiger partial charge in [-0.05, 0) is 79.5 Å². The van der Waals surface area contributed by atoms with Gasteiger partial charge in [-0.1, -0.05) is 38.1 Å². The Morgan fingerprint density at radius 3 is 2.29 bits per heavy atom. The number of hydrogen-bond acceptors (Lipinski definition) is 4. The zero-order chi connectivity index (χ0) is 25.0. The molecule has 34 heavy (non-hydrogen) atoms. The van der Waals surface area contributed by atoms with E-state index in [0.717, 1.165) is 33.6 Å². The second-order valence-corrected chi connectivity index (χ2v) is 11.7. The lowest BCUT2D eigenvalue weighted by Gasteiger charge is -2.31. The SMILES string of the molecule is COc1cc(C)c(C(C)NC(=O)C2CCN(S(=O)(=O)Cc3ccccc3C)CC2)cc1C(C)C. The molecule has 6 nitrogen and oxygen atoms in total. The number of piperidine rings is 1. The van der Waals surface area contributed by atoms with Gasteiger partial charge in [0.1, 0.15) is 5.75 Å². The topological polar surface area (TPSA) is 75.7 Å². The van der Waals surface area contributed by atoms with Gasteiger partial charge in [0.05, 0.1) is 18.9 Å². The quantitative estimate of drug-likeness (QED) is 0.578. The first-order valence-electron chi connectivity index (χ1n) is 12.0. The molecule has 186 valence electrons. The molecule has 0 aromatic heterocycles. The Bertz CT molecular complexity index is 1120. The van der Waals surface area contributed by atoms with Crippen LogP contribution >= 0.6 is 0 Å². The van der Waals surface area contributed by atoms with E-state index in [2.05, 4.69) is 25.2 Å². The van der Waals surface area contributed by atoms with Gasteiger partial charge in [-0.3, -0.25) is 4.79 Å². The van der Waals surface area contributed by atoms with E-state index in [1.165, 1.54) is 4.31 Å². The largest absolute Gasteiger partial charge is 0.496 e. The molecule has 0 bridgehead atoms. The molecule has 1 fully saturated rings. The molecule has 0 aliphatic carbocycles. The molecule has 0 spiro atoms. The van der Waals surface area contributed by atoms with Crippen LogP contribution in [0.1, 0.15) is 73.4 Å². The highest BCUT2D eigenvalue weighted by Crippen LogP contribution is 2.32. The number of sulfonamides is 1. The molecule has 1 aliphatic rings. The smallest absolute Gasteiger partial charge is 0.223 e. The van der Waals surface area contributed by atoms with Crippen molar-refractivity contribution in [2.75, 3.05) is 20.2 Å². The van der Waals surface area contributed by atoms with Crippen LogP contribution in [0.4, 0.5) is 0 Å². The van der Waals surface area contributed by atoms with Crippen LogP contribution in [0.5, 0.6) is 5.75 Å². The maximum atomic E-state index is 13.0. The number of methoxy groups -OCH3 is 1.